The highest BCUT2D eigenvalue weighted by Crippen LogP contribution is 2.32. The molecule has 2 rings (SSSR count). The molecule has 0 spiro atoms. The molecule has 16 heavy (non-hydrogen) atoms. The van der Waals surface area contributed by atoms with Gasteiger partial charge in [-0.2, -0.15) is 0 Å². The minimum Gasteiger partial charge on any atom is -0.378 e. The second-order valence-corrected chi connectivity index (χ2v) is 4.87. The molecule has 1 fully saturated rings. The van der Waals surface area contributed by atoms with Crippen LogP contribution < -0.4 is 10.2 Å². The highest BCUT2D eigenvalue weighted by Gasteiger charge is 2.26. The van der Waals surface area contributed by atoms with E-state index in [0.717, 1.165) is 5.92 Å². The smallest absolute Gasteiger partial charge is 0.0361 e. The van der Waals surface area contributed by atoms with Crippen LogP contribution in [-0.4, -0.2) is 20.6 Å². The third-order valence-corrected chi connectivity index (χ3v) is 3.64. The molecule has 0 unspecified atom stereocenters. The van der Waals surface area contributed by atoms with Crippen LogP contribution in [0.5, 0.6) is 0 Å². The number of hydrogen-bond donors (Lipinski definition) is 1. The van der Waals surface area contributed by atoms with E-state index in [4.69, 9.17) is 0 Å². The van der Waals surface area contributed by atoms with Crippen molar-refractivity contribution in [1.29, 1.82) is 0 Å². The van der Waals surface area contributed by atoms with Gasteiger partial charge in [-0.15, -0.1) is 0 Å². The van der Waals surface area contributed by atoms with Crippen LogP contribution in [0.3, 0.4) is 0 Å². The third-order valence-electron chi connectivity index (χ3n) is 3.64. The largest absolute Gasteiger partial charge is 0.378 e. The van der Waals surface area contributed by atoms with Crippen LogP contribution in [0.15, 0.2) is 24.3 Å². The molecular weight excluding hydrogens is 196 g/mol. The lowest BCUT2D eigenvalue weighted by atomic mass is 9.92. The van der Waals surface area contributed by atoms with Gasteiger partial charge in [-0.3, -0.25) is 0 Å². The first kappa shape index (κ1) is 11.5. The van der Waals surface area contributed by atoms with E-state index in [1.807, 2.05) is 0 Å². The van der Waals surface area contributed by atoms with Gasteiger partial charge in [-0.25, -0.2) is 0 Å². The summed E-state index contributed by atoms with van der Waals surface area (Å²) in [6.45, 7) is 3.46. The fourth-order valence-electron chi connectivity index (χ4n) is 2.57. The number of nitrogens with one attached hydrogen (secondary N) is 1. The van der Waals surface area contributed by atoms with Crippen molar-refractivity contribution in [1.82, 2.24) is 5.32 Å². The molecule has 1 saturated heterocycles. The van der Waals surface area contributed by atoms with Crippen LogP contribution in [0.1, 0.15) is 31.4 Å². The van der Waals surface area contributed by atoms with Gasteiger partial charge in [0.25, 0.3) is 0 Å². The summed E-state index contributed by atoms with van der Waals surface area (Å²) in [5, 5.41) is 3.61. The summed E-state index contributed by atoms with van der Waals surface area (Å²) in [7, 11) is 4.16. The molecule has 0 aliphatic carbocycles. The molecule has 1 aliphatic heterocycles. The molecule has 0 radical (unpaired) electrons. The van der Waals surface area contributed by atoms with Gasteiger partial charge in [0, 0.05) is 25.8 Å². The van der Waals surface area contributed by atoms with Gasteiger partial charge < -0.3 is 10.2 Å². The van der Waals surface area contributed by atoms with Crippen molar-refractivity contribution < 1.29 is 0 Å². The zero-order valence-corrected chi connectivity index (χ0v) is 10.5. The lowest BCUT2D eigenvalue weighted by Crippen LogP contribution is -2.17. The Balaban J connectivity index is 2.15. The van der Waals surface area contributed by atoms with Crippen molar-refractivity contribution in [2.75, 3.05) is 25.5 Å². The fourth-order valence-corrected chi connectivity index (χ4v) is 2.57. The van der Waals surface area contributed by atoms with E-state index in [0.29, 0.717) is 6.04 Å². The van der Waals surface area contributed by atoms with Gasteiger partial charge >= 0.3 is 0 Å². The van der Waals surface area contributed by atoms with Crippen molar-refractivity contribution in [2.45, 2.75) is 25.8 Å². The number of nitrogens with zero attached hydrogens (tertiary/aromatic N) is 1. The molecule has 2 heteroatoms. The molecule has 1 aromatic carbocycles. The van der Waals surface area contributed by atoms with E-state index < -0.39 is 0 Å². The Hall–Kier alpha value is -1.02. The summed E-state index contributed by atoms with van der Waals surface area (Å²) in [4.78, 5) is 2.14. The van der Waals surface area contributed by atoms with Crippen molar-refractivity contribution in [3.63, 3.8) is 0 Å². The van der Waals surface area contributed by atoms with Crippen LogP contribution in [0.2, 0.25) is 0 Å². The standard InChI is InChI=1S/C14H22N2/c1-4-11-9-10-15-14(11)12-5-7-13(8-6-12)16(2)3/h5-8,11,14-15H,4,9-10H2,1-3H3/t11-,14-/m1/s1. The lowest BCUT2D eigenvalue weighted by Gasteiger charge is -2.20. The van der Waals surface area contributed by atoms with Crippen LogP contribution in [0.4, 0.5) is 5.69 Å². The maximum Gasteiger partial charge on any atom is 0.0361 e. The Kier molecular flexibility index (Phi) is 3.49. The van der Waals surface area contributed by atoms with Crippen molar-refractivity contribution >= 4 is 5.69 Å². The van der Waals surface area contributed by atoms with Gasteiger partial charge in [0.05, 0.1) is 0 Å². The minimum absolute atomic E-state index is 0.571. The lowest BCUT2D eigenvalue weighted by molar-refractivity contribution is 0.449. The van der Waals surface area contributed by atoms with Crippen LogP contribution in [0.25, 0.3) is 0 Å². The van der Waals surface area contributed by atoms with Gasteiger partial charge in [0.2, 0.25) is 0 Å². The second kappa shape index (κ2) is 4.88. The van der Waals surface area contributed by atoms with Gasteiger partial charge in [-0.05, 0) is 36.6 Å². The zero-order valence-electron chi connectivity index (χ0n) is 10.5. The molecule has 1 N–H and O–H groups in total. The van der Waals surface area contributed by atoms with Gasteiger partial charge in [0.1, 0.15) is 0 Å². The fraction of sp³-hybridized carbons (Fsp3) is 0.571. The predicted molar refractivity (Wildman–Crippen MR) is 69.9 cm³/mol. The van der Waals surface area contributed by atoms with E-state index in [-0.39, 0.29) is 0 Å². The summed E-state index contributed by atoms with van der Waals surface area (Å²) in [6, 6.07) is 9.52. The monoisotopic (exact) mass is 218 g/mol. The maximum atomic E-state index is 3.61. The third kappa shape index (κ3) is 2.22. The normalized spacial score (nSPS) is 24.7. The first-order chi connectivity index (χ1) is 7.72. The van der Waals surface area contributed by atoms with Crippen molar-refractivity contribution in [2.24, 2.45) is 5.92 Å². The Morgan fingerprint density at radius 3 is 2.50 bits per heavy atom. The molecule has 2 nitrogen and oxygen atoms in total. The number of benzene rings is 1. The Labute approximate surface area is 98.7 Å². The summed E-state index contributed by atoms with van der Waals surface area (Å²) in [5.41, 5.74) is 2.71. The van der Waals surface area contributed by atoms with Crippen LogP contribution >= 0.6 is 0 Å². The van der Waals surface area contributed by atoms with Gasteiger partial charge in [0.15, 0.2) is 0 Å². The van der Waals surface area contributed by atoms with E-state index in [1.54, 1.807) is 0 Å². The first-order valence-corrected chi connectivity index (χ1v) is 6.23. The zero-order chi connectivity index (χ0) is 11.5. The molecular formula is C14H22N2. The van der Waals surface area contributed by atoms with Gasteiger partial charge in [-0.1, -0.05) is 25.5 Å². The van der Waals surface area contributed by atoms with Crippen LogP contribution in [-0.2, 0) is 0 Å². The first-order valence-electron chi connectivity index (χ1n) is 6.23. The van der Waals surface area contributed by atoms with Crippen molar-refractivity contribution in [3.05, 3.63) is 29.8 Å². The molecule has 1 heterocycles. The molecule has 0 bridgehead atoms. The van der Waals surface area contributed by atoms with Crippen molar-refractivity contribution in [3.8, 4) is 0 Å². The number of anilines is 1. The highest BCUT2D eigenvalue weighted by molar-refractivity contribution is 5.46. The summed E-state index contributed by atoms with van der Waals surface area (Å²) in [5.74, 6) is 0.810. The average molecular weight is 218 g/mol. The molecule has 1 aliphatic rings. The SMILES string of the molecule is CC[C@@H]1CCN[C@H]1c1ccc(N(C)C)cc1. The minimum atomic E-state index is 0.571. The quantitative estimate of drug-likeness (QED) is 0.839. The molecule has 88 valence electrons. The second-order valence-electron chi connectivity index (χ2n) is 4.87. The van der Waals surface area contributed by atoms with E-state index >= 15 is 0 Å². The topological polar surface area (TPSA) is 15.3 Å². The average Bonchev–Trinajstić information content (AvgIpc) is 2.77. The summed E-state index contributed by atoms with van der Waals surface area (Å²) < 4.78 is 0. The van der Waals surface area contributed by atoms with E-state index in [9.17, 15) is 0 Å². The van der Waals surface area contributed by atoms with E-state index in [2.05, 4.69) is 55.5 Å². The maximum absolute atomic E-state index is 3.61. The number of hydrogen-bond acceptors (Lipinski definition) is 2. The Bertz CT molecular complexity index is 329. The molecule has 2 atom stereocenters. The highest BCUT2D eigenvalue weighted by atomic mass is 15.1. The molecule has 0 saturated carbocycles. The van der Waals surface area contributed by atoms with Crippen LogP contribution in [0, 0.1) is 5.92 Å². The molecule has 0 aromatic heterocycles. The number of rotatable bonds is 3. The van der Waals surface area contributed by atoms with E-state index in [1.165, 1.54) is 30.6 Å². The molecule has 0 amide bonds. The summed E-state index contributed by atoms with van der Waals surface area (Å²) in [6.07, 6.45) is 2.59. The molecule has 1 aromatic rings. The Morgan fingerprint density at radius 1 is 1.25 bits per heavy atom. The predicted octanol–water partition coefficient (Wildman–Crippen LogP) is 2.81. The summed E-state index contributed by atoms with van der Waals surface area (Å²) >= 11 is 0. The Morgan fingerprint density at radius 2 is 1.94 bits per heavy atom.